The zero-order chi connectivity index (χ0) is 14.6. The number of halogens is 10. The highest BCUT2D eigenvalue weighted by atomic mass is 19.3. The van der Waals surface area contributed by atoms with Crippen molar-refractivity contribution in [3.05, 3.63) is 0 Å². The minimum Gasteiger partial charge on any atom is -0.383 e. The zero-order valence-electron chi connectivity index (χ0n) is 7.80. The predicted octanol–water partition coefficient (Wildman–Crippen LogP) is 2.33. The van der Waals surface area contributed by atoms with Crippen LogP contribution in [0.4, 0.5) is 43.9 Å². The van der Waals surface area contributed by atoms with E-state index < -0.39 is 41.1 Å². The van der Waals surface area contributed by atoms with Crippen molar-refractivity contribution in [3.63, 3.8) is 0 Å². The van der Waals surface area contributed by atoms with Crippen LogP contribution >= 0.6 is 0 Å². The number of alkyl halides is 10. The summed E-state index contributed by atoms with van der Waals surface area (Å²) in [6.07, 6.45) is -4.60. The summed E-state index contributed by atoms with van der Waals surface area (Å²) < 4.78 is 129. The lowest BCUT2D eigenvalue weighted by molar-refractivity contribution is -0.360. The van der Waals surface area contributed by atoms with Gasteiger partial charge in [-0.05, 0) is 0 Å². The quantitative estimate of drug-likeness (QED) is 0.679. The molecule has 0 radical (unpaired) electrons. The number of hydrogen-bond acceptors (Lipinski definition) is 1. The molecule has 0 aromatic rings. The van der Waals surface area contributed by atoms with E-state index in [1.54, 1.807) is 0 Å². The summed E-state index contributed by atoms with van der Waals surface area (Å²) in [5.74, 6) is -25.7. The summed E-state index contributed by atoms with van der Waals surface area (Å²) in [6, 6.07) is 0. The topological polar surface area (TPSA) is 20.2 Å². The van der Waals surface area contributed by atoms with E-state index in [-0.39, 0.29) is 0 Å². The molecule has 0 aromatic carbocycles. The third-order valence-corrected chi connectivity index (χ3v) is 3.35. The number of fused-ring (bicyclic) bond motifs is 2. The Kier molecular flexibility index (Phi) is 1.97. The van der Waals surface area contributed by atoms with Gasteiger partial charge in [-0.3, -0.25) is 0 Å². The third kappa shape index (κ3) is 0.729. The second-order valence-electron chi connectivity index (χ2n) is 4.12. The highest BCUT2D eigenvalue weighted by molar-refractivity contribution is 5.43. The van der Waals surface area contributed by atoms with Crippen molar-refractivity contribution in [1.29, 1.82) is 0 Å². The molecule has 2 bridgehead atoms. The maximum atomic E-state index is 13.3. The fourth-order valence-corrected chi connectivity index (χ4v) is 2.29. The Labute approximate surface area is 91.4 Å². The molecular weight excluding hydrogens is 290 g/mol. The maximum absolute atomic E-state index is 13.3. The first kappa shape index (κ1) is 13.7. The van der Waals surface area contributed by atoms with Gasteiger partial charge in [0.25, 0.3) is 5.67 Å². The van der Waals surface area contributed by atoms with Crippen molar-refractivity contribution in [2.45, 2.75) is 41.1 Å². The predicted molar refractivity (Wildman–Crippen MR) is 33.5 cm³/mol. The van der Waals surface area contributed by atoms with Crippen LogP contribution < -0.4 is 0 Å². The smallest absolute Gasteiger partial charge is 0.359 e. The van der Waals surface area contributed by atoms with Crippen LogP contribution in [0.5, 0.6) is 0 Å². The van der Waals surface area contributed by atoms with Crippen LogP contribution in [0.1, 0.15) is 0 Å². The molecule has 106 valence electrons. The van der Waals surface area contributed by atoms with E-state index in [4.69, 9.17) is 5.11 Å². The molecule has 0 spiro atoms. The van der Waals surface area contributed by atoms with Crippen molar-refractivity contribution in [1.82, 2.24) is 0 Å². The van der Waals surface area contributed by atoms with Gasteiger partial charge in [-0.1, -0.05) is 0 Å². The molecule has 0 aliphatic heterocycles. The van der Waals surface area contributed by atoms with Gasteiger partial charge in [0, 0.05) is 0 Å². The van der Waals surface area contributed by atoms with E-state index in [0.717, 1.165) is 0 Å². The minimum atomic E-state index is -6.68. The van der Waals surface area contributed by atoms with Gasteiger partial charge >= 0.3 is 29.4 Å². The van der Waals surface area contributed by atoms with Crippen molar-refractivity contribution in [2.75, 3.05) is 0 Å². The van der Waals surface area contributed by atoms with Gasteiger partial charge in [-0.15, -0.1) is 0 Å². The minimum absolute atomic E-state index is 4.60. The van der Waals surface area contributed by atoms with Crippen molar-refractivity contribution >= 4 is 0 Å². The van der Waals surface area contributed by atoms with Crippen molar-refractivity contribution < 1.29 is 49.0 Å². The first-order chi connectivity index (χ1) is 7.65. The summed E-state index contributed by atoms with van der Waals surface area (Å²) in [7, 11) is 0. The molecule has 0 amide bonds. The molecule has 2 rings (SSSR count). The molecular formula is C7H2F10O. The monoisotopic (exact) mass is 292 g/mol. The van der Waals surface area contributed by atoms with Crippen LogP contribution in [0.15, 0.2) is 0 Å². The standard InChI is InChI=1S/C7H2F10O/c8-2-1(18)3(9,10)4(11,5(2,12)13)7(16,17)6(2,14)15/h1,18H. The average Bonchev–Trinajstić information content (AvgIpc) is 2.32. The van der Waals surface area contributed by atoms with Gasteiger partial charge in [0.15, 0.2) is 6.10 Å². The van der Waals surface area contributed by atoms with Crippen LogP contribution in [-0.4, -0.2) is 46.2 Å². The Bertz CT molecular complexity index is 418. The Hall–Kier alpha value is -0.740. The molecule has 11 heteroatoms. The van der Waals surface area contributed by atoms with Gasteiger partial charge in [-0.25, -0.2) is 8.78 Å². The van der Waals surface area contributed by atoms with E-state index in [0.29, 0.717) is 0 Å². The van der Waals surface area contributed by atoms with Gasteiger partial charge in [-0.2, -0.15) is 35.1 Å². The molecule has 2 fully saturated rings. The molecule has 18 heavy (non-hydrogen) atoms. The summed E-state index contributed by atoms with van der Waals surface area (Å²) >= 11 is 0. The Morgan fingerprint density at radius 3 is 1.28 bits per heavy atom. The van der Waals surface area contributed by atoms with Crippen LogP contribution in [-0.2, 0) is 0 Å². The fraction of sp³-hybridized carbons (Fsp3) is 1.00. The summed E-state index contributed by atoms with van der Waals surface area (Å²) in [5.41, 5.74) is -12.6. The van der Waals surface area contributed by atoms with Crippen LogP contribution in [0.2, 0.25) is 0 Å². The molecule has 0 saturated heterocycles. The Morgan fingerprint density at radius 1 is 0.611 bits per heavy atom. The van der Waals surface area contributed by atoms with Gasteiger partial charge < -0.3 is 5.11 Å². The molecule has 2 saturated carbocycles. The van der Waals surface area contributed by atoms with Crippen LogP contribution in [0.25, 0.3) is 0 Å². The molecule has 2 aliphatic carbocycles. The van der Waals surface area contributed by atoms with E-state index in [2.05, 4.69) is 0 Å². The Morgan fingerprint density at radius 2 is 1.00 bits per heavy atom. The highest BCUT2D eigenvalue weighted by Crippen LogP contribution is 2.79. The average molecular weight is 292 g/mol. The molecule has 3 unspecified atom stereocenters. The molecule has 2 aliphatic rings. The van der Waals surface area contributed by atoms with Crippen LogP contribution in [0, 0.1) is 0 Å². The lowest BCUT2D eigenvalue weighted by atomic mass is 9.84. The first-order valence-electron chi connectivity index (χ1n) is 4.23. The first-order valence-corrected chi connectivity index (χ1v) is 4.23. The van der Waals surface area contributed by atoms with Gasteiger partial charge in [0.1, 0.15) is 0 Å². The number of aliphatic hydroxyl groups is 1. The molecule has 1 nitrogen and oxygen atoms in total. The molecule has 3 atom stereocenters. The molecule has 0 heterocycles. The normalized spacial score (nSPS) is 50.5. The van der Waals surface area contributed by atoms with Gasteiger partial charge in [0.05, 0.1) is 0 Å². The zero-order valence-corrected chi connectivity index (χ0v) is 7.80. The summed E-state index contributed by atoms with van der Waals surface area (Å²) in [4.78, 5) is 0. The van der Waals surface area contributed by atoms with Crippen LogP contribution in [0.3, 0.4) is 0 Å². The number of rotatable bonds is 0. The van der Waals surface area contributed by atoms with Crippen molar-refractivity contribution in [2.24, 2.45) is 0 Å². The number of aliphatic hydroxyl groups excluding tert-OH is 1. The van der Waals surface area contributed by atoms with Crippen molar-refractivity contribution in [3.8, 4) is 0 Å². The summed E-state index contributed by atoms with van der Waals surface area (Å²) in [6.45, 7) is 0. The van der Waals surface area contributed by atoms with E-state index in [9.17, 15) is 43.9 Å². The molecule has 0 aromatic heterocycles. The van der Waals surface area contributed by atoms with E-state index >= 15 is 0 Å². The maximum Gasteiger partial charge on any atom is 0.359 e. The number of hydrogen-bond donors (Lipinski definition) is 1. The van der Waals surface area contributed by atoms with E-state index in [1.807, 2.05) is 0 Å². The van der Waals surface area contributed by atoms with Gasteiger partial charge in [0.2, 0.25) is 0 Å². The Balaban J connectivity index is 2.90. The van der Waals surface area contributed by atoms with E-state index in [1.165, 1.54) is 0 Å². The second-order valence-corrected chi connectivity index (χ2v) is 4.12. The summed E-state index contributed by atoms with van der Waals surface area (Å²) in [5, 5.41) is 8.42. The lowest BCUT2D eigenvalue weighted by Crippen LogP contribution is -2.71. The second kappa shape index (κ2) is 2.59. The lowest BCUT2D eigenvalue weighted by Gasteiger charge is -2.40. The fourth-order valence-electron chi connectivity index (χ4n) is 2.29. The largest absolute Gasteiger partial charge is 0.383 e. The highest BCUT2D eigenvalue weighted by Gasteiger charge is 3.12. The third-order valence-electron chi connectivity index (χ3n) is 3.35. The molecule has 1 N–H and O–H groups in total. The SMILES string of the molecule is OC1C(F)(F)C2(F)C(F)(F)C(F)(F)C1(F)C2(F)F.